The van der Waals surface area contributed by atoms with Crippen LogP contribution in [0.25, 0.3) is 0 Å². The first-order chi connectivity index (χ1) is 7.22. The van der Waals surface area contributed by atoms with Gasteiger partial charge in [-0.25, -0.2) is 0 Å². The first-order valence-electron chi connectivity index (χ1n) is 5.77. The number of aliphatic hydroxyl groups is 1. The Morgan fingerprint density at radius 1 is 1.27 bits per heavy atom. The highest BCUT2D eigenvalue weighted by atomic mass is 16.3. The second-order valence-corrected chi connectivity index (χ2v) is 4.48. The zero-order valence-corrected chi connectivity index (χ0v) is 9.29. The smallest absolute Gasteiger partial charge is 0.0819 e. The fraction of sp³-hybridized carbons (Fsp3) is 0.538. The molecule has 82 valence electrons. The van der Waals surface area contributed by atoms with E-state index in [1.54, 1.807) is 0 Å². The molecule has 0 aromatic heterocycles. The predicted octanol–water partition coefficient (Wildman–Crippen LogP) is 2.58. The quantitative estimate of drug-likeness (QED) is 0.791. The lowest BCUT2D eigenvalue weighted by Crippen LogP contribution is -2.43. The highest BCUT2D eigenvalue weighted by molar-refractivity contribution is 5.45. The lowest BCUT2D eigenvalue weighted by Gasteiger charge is -2.36. The number of rotatable bonds is 4. The molecular weight excluding hydrogens is 186 g/mol. The molecular formula is C13H19NO. The van der Waals surface area contributed by atoms with Gasteiger partial charge in [-0.3, -0.25) is 0 Å². The summed E-state index contributed by atoms with van der Waals surface area (Å²) in [5, 5.41) is 13.2. The van der Waals surface area contributed by atoms with Gasteiger partial charge in [0, 0.05) is 12.2 Å². The second kappa shape index (κ2) is 4.23. The number of hydrogen-bond acceptors (Lipinski definition) is 2. The first kappa shape index (κ1) is 10.5. The standard InChI is InChI=1S/C13H19NO/c1-2-11-4-6-12(7-5-11)14-10-13(15)8-3-9-13/h4-7,14-15H,2-3,8-10H2,1H3. The summed E-state index contributed by atoms with van der Waals surface area (Å²) < 4.78 is 0. The molecule has 1 fully saturated rings. The molecule has 2 rings (SSSR count). The van der Waals surface area contributed by atoms with Gasteiger partial charge >= 0.3 is 0 Å². The van der Waals surface area contributed by atoms with Gasteiger partial charge in [-0.1, -0.05) is 19.1 Å². The van der Waals surface area contributed by atoms with Crippen LogP contribution in [0.5, 0.6) is 0 Å². The first-order valence-corrected chi connectivity index (χ1v) is 5.77. The molecule has 0 unspecified atom stereocenters. The van der Waals surface area contributed by atoms with Crippen LogP contribution in [0.15, 0.2) is 24.3 Å². The summed E-state index contributed by atoms with van der Waals surface area (Å²) in [6.07, 6.45) is 4.11. The molecule has 0 bridgehead atoms. The lowest BCUT2D eigenvalue weighted by molar-refractivity contribution is -0.0201. The van der Waals surface area contributed by atoms with Gasteiger partial charge in [0.15, 0.2) is 0 Å². The van der Waals surface area contributed by atoms with E-state index in [1.165, 1.54) is 5.56 Å². The van der Waals surface area contributed by atoms with Crippen molar-refractivity contribution in [1.82, 2.24) is 0 Å². The average Bonchev–Trinajstić information content (AvgIpc) is 2.24. The minimum absolute atomic E-state index is 0.441. The predicted molar refractivity (Wildman–Crippen MR) is 63.1 cm³/mol. The second-order valence-electron chi connectivity index (χ2n) is 4.48. The molecule has 0 spiro atoms. The van der Waals surface area contributed by atoms with E-state index in [9.17, 15) is 5.11 Å². The summed E-state index contributed by atoms with van der Waals surface area (Å²) in [5.41, 5.74) is 2.01. The molecule has 1 aliphatic rings. The van der Waals surface area contributed by atoms with Crippen molar-refractivity contribution >= 4 is 5.69 Å². The Kier molecular flexibility index (Phi) is 2.96. The monoisotopic (exact) mass is 205 g/mol. The molecule has 0 radical (unpaired) electrons. The van der Waals surface area contributed by atoms with Crippen LogP contribution in [0, 0.1) is 0 Å². The summed E-state index contributed by atoms with van der Waals surface area (Å²) in [4.78, 5) is 0. The van der Waals surface area contributed by atoms with Crippen molar-refractivity contribution in [2.75, 3.05) is 11.9 Å². The molecule has 0 atom stereocenters. The zero-order valence-electron chi connectivity index (χ0n) is 9.29. The summed E-state index contributed by atoms with van der Waals surface area (Å²) in [6.45, 7) is 2.83. The van der Waals surface area contributed by atoms with Crippen LogP contribution in [0.2, 0.25) is 0 Å². The Hall–Kier alpha value is -1.02. The van der Waals surface area contributed by atoms with E-state index in [2.05, 4.69) is 36.5 Å². The van der Waals surface area contributed by atoms with Crippen molar-refractivity contribution in [1.29, 1.82) is 0 Å². The third-order valence-electron chi connectivity index (χ3n) is 3.27. The van der Waals surface area contributed by atoms with E-state index in [0.717, 1.165) is 31.4 Å². The minimum atomic E-state index is -0.441. The van der Waals surface area contributed by atoms with Crippen LogP contribution in [0.3, 0.4) is 0 Å². The van der Waals surface area contributed by atoms with E-state index in [1.807, 2.05) is 0 Å². The maximum Gasteiger partial charge on any atom is 0.0819 e. The maximum atomic E-state index is 9.91. The van der Waals surface area contributed by atoms with Gasteiger partial charge in [0.1, 0.15) is 0 Å². The molecule has 0 saturated heterocycles. The Morgan fingerprint density at radius 3 is 2.40 bits per heavy atom. The topological polar surface area (TPSA) is 32.3 Å². The molecule has 0 heterocycles. The van der Waals surface area contributed by atoms with Crippen LogP contribution in [0.1, 0.15) is 31.7 Å². The maximum absolute atomic E-state index is 9.91. The molecule has 2 N–H and O–H groups in total. The fourth-order valence-corrected chi connectivity index (χ4v) is 1.89. The van der Waals surface area contributed by atoms with Crippen LogP contribution in [0.4, 0.5) is 5.69 Å². The average molecular weight is 205 g/mol. The number of nitrogens with one attached hydrogen (secondary N) is 1. The Bertz CT molecular complexity index is 314. The van der Waals surface area contributed by atoms with Crippen LogP contribution in [-0.2, 0) is 6.42 Å². The molecule has 0 aliphatic heterocycles. The van der Waals surface area contributed by atoms with Crippen molar-refractivity contribution in [2.45, 2.75) is 38.2 Å². The van der Waals surface area contributed by atoms with Gasteiger partial charge < -0.3 is 10.4 Å². The van der Waals surface area contributed by atoms with Crippen molar-refractivity contribution in [3.05, 3.63) is 29.8 Å². The Morgan fingerprint density at radius 2 is 1.93 bits per heavy atom. The summed E-state index contributed by atoms with van der Waals surface area (Å²) in [7, 11) is 0. The molecule has 1 saturated carbocycles. The lowest BCUT2D eigenvalue weighted by atomic mass is 9.80. The minimum Gasteiger partial charge on any atom is -0.388 e. The normalized spacial score (nSPS) is 18.3. The van der Waals surface area contributed by atoms with E-state index >= 15 is 0 Å². The van der Waals surface area contributed by atoms with Crippen molar-refractivity contribution < 1.29 is 5.11 Å². The molecule has 1 aromatic carbocycles. The third-order valence-corrected chi connectivity index (χ3v) is 3.27. The van der Waals surface area contributed by atoms with Crippen LogP contribution in [-0.4, -0.2) is 17.3 Å². The number of hydrogen-bond donors (Lipinski definition) is 2. The number of anilines is 1. The highest BCUT2D eigenvalue weighted by Gasteiger charge is 2.33. The van der Waals surface area contributed by atoms with E-state index in [0.29, 0.717) is 6.54 Å². The summed E-state index contributed by atoms with van der Waals surface area (Å²) in [6, 6.07) is 8.43. The molecule has 2 nitrogen and oxygen atoms in total. The summed E-state index contributed by atoms with van der Waals surface area (Å²) in [5.74, 6) is 0. The van der Waals surface area contributed by atoms with Gasteiger partial charge in [0.05, 0.1) is 5.60 Å². The van der Waals surface area contributed by atoms with Gasteiger partial charge in [0.25, 0.3) is 0 Å². The fourth-order valence-electron chi connectivity index (χ4n) is 1.89. The Labute approximate surface area is 91.3 Å². The van der Waals surface area contributed by atoms with Crippen LogP contribution < -0.4 is 5.32 Å². The molecule has 1 aromatic rings. The van der Waals surface area contributed by atoms with E-state index in [-0.39, 0.29) is 0 Å². The highest BCUT2D eigenvalue weighted by Crippen LogP contribution is 2.31. The van der Waals surface area contributed by atoms with E-state index in [4.69, 9.17) is 0 Å². The molecule has 2 heteroatoms. The Balaban J connectivity index is 1.87. The molecule has 15 heavy (non-hydrogen) atoms. The van der Waals surface area contributed by atoms with E-state index < -0.39 is 5.60 Å². The number of benzene rings is 1. The largest absolute Gasteiger partial charge is 0.388 e. The van der Waals surface area contributed by atoms with Gasteiger partial charge in [0.2, 0.25) is 0 Å². The SMILES string of the molecule is CCc1ccc(NCC2(O)CCC2)cc1. The molecule has 1 aliphatic carbocycles. The van der Waals surface area contributed by atoms with Gasteiger partial charge in [-0.2, -0.15) is 0 Å². The third kappa shape index (κ3) is 2.51. The summed E-state index contributed by atoms with van der Waals surface area (Å²) >= 11 is 0. The molecule has 0 amide bonds. The van der Waals surface area contributed by atoms with Gasteiger partial charge in [-0.15, -0.1) is 0 Å². The van der Waals surface area contributed by atoms with Crippen molar-refractivity contribution in [3.8, 4) is 0 Å². The van der Waals surface area contributed by atoms with Crippen molar-refractivity contribution in [2.24, 2.45) is 0 Å². The van der Waals surface area contributed by atoms with Crippen LogP contribution >= 0.6 is 0 Å². The van der Waals surface area contributed by atoms with Gasteiger partial charge in [-0.05, 0) is 43.4 Å². The number of aryl methyl sites for hydroxylation is 1. The van der Waals surface area contributed by atoms with Crippen molar-refractivity contribution in [3.63, 3.8) is 0 Å². The zero-order chi connectivity index (χ0) is 10.7.